The minimum absolute atomic E-state index is 0.000457. The number of halogens is 2. The molecule has 1 unspecified atom stereocenters. The standard InChI is InChI=1S/C40H48F2N12O4.CH2O2/c1-50-32-20-26(4-7-28(32)35(48-50)29-8-9-34(55)47-39(29)56)44-25-10-13-51(14-11-25)22-24-2-5-27(6-3-24)54-23-31(36(49-54)37(41)42)45-40(57)30-21-43-53-15-12-33(46-38(30)53)52-16-18-58-19-17-52;2-1-3/h4,7,12,15,20-21,23-25,27,29,37,44H,2-3,5-6,8-11,13-14,16-19,22H2,1H3,(H,45,57)(H,47,55,56);1H,(H,2,3). The summed E-state index contributed by atoms with van der Waals surface area (Å²) in [6, 6.07) is 8.30. The van der Waals surface area contributed by atoms with Crippen LogP contribution in [0, 0.1) is 5.92 Å². The van der Waals surface area contributed by atoms with Crippen LogP contribution in [0.1, 0.15) is 91.5 Å². The normalized spacial score (nSPS) is 21.6. The van der Waals surface area contributed by atoms with Gasteiger partial charge in [-0.2, -0.15) is 15.3 Å². The van der Waals surface area contributed by atoms with Crippen molar-refractivity contribution in [3.8, 4) is 0 Å². The Morgan fingerprint density at radius 2 is 1.79 bits per heavy atom. The number of ether oxygens (including phenoxy) is 1. The average Bonchev–Trinajstić information content (AvgIpc) is 3.98. The summed E-state index contributed by atoms with van der Waals surface area (Å²) in [4.78, 5) is 55.3. The second-order valence-corrected chi connectivity index (χ2v) is 16.1. The van der Waals surface area contributed by atoms with Crippen LogP contribution in [0.25, 0.3) is 16.6 Å². The number of alkyl halides is 2. The topological polar surface area (TPSA) is 206 Å². The third-order valence-corrected chi connectivity index (χ3v) is 12.3. The van der Waals surface area contributed by atoms with Gasteiger partial charge in [-0.3, -0.25) is 33.9 Å². The van der Waals surface area contributed by atoms with Crippen molar-refractivity contribution in [2.75, 3.05) is 61.5 Å². The lowest BCUT2D eigenvalue weighted by molar-refractivity contribution is -0.134. The number of morpholine rings is 1. The lowest BCUT2D eigenvalue weighted by atomic mass is 9.85. The number of imide groups is 1. The number of carbonyl (C=O) groups is 4. The van der Waals surface area contributed by atoms with Crippen molar-refractivity contribution in [1.29, 1.82) is 0 Å². The molecule has 9 rings (SSSR count). The fourth-order valence-corrected chi connectivity index (χ4v) is 9.07. The first kappa shape index (κ1) is 41.7. The first-order valence-electron chi connectivity index (χ1n) is 20.8. The summed E-state index contributed by atoms with van der Waals surface area (Å²) >= 11 is 0. The van der Waals surface area contributed by atoms with Crippen LogP contribution in [-0.4, -0.2) is 120 Å². The molecule has 0 radical (unpaired) electrons. The van der Waals surface area contributed by atoms with Crippen molar-refractivity contribution < 1.29 is 37.8 Å². The molecule has 0 bridgehead atoms. The van der Waals surface area contributed by atoms with Crippen LogP contribution in [0.4, 0.5) is 26.0 Å². The van der Waals surface area contributed by atoms with Crippen LogP contribution in [-0.2, 0) is 26.2 Å². The van der Waals surface area contributed by atoms with E-state index >= 15 is 0 Å². The van der Waals surface area contributed by atoms with Crippen molar-refractivity contribution in [3.63, 3.8) is 0 Å². The Balaban J connectivity index is 0.00000166. The largest absolute Gasteiger partial charge is 0.483 e. The summed E-state index contributed by atoms with van der Waals surface area (Å²) in [5.41, 5.74) is 2.77. The summed E-state index contributed by atoms with van der Waals surface area (Å²) in [5.74, 6) is -0.303. The molecule has 0 spiro atoms. The SMILES string of the molecule is Cn1nc(C2CCC(=O)NC2=O)c2ccc(NC3CCN(CC4CCC(n5cc(NC(=O)c6cnn7ccc(N8CCOCC8)nc67)c(C(F)F)n5)CC4)CC3)cc21.O=CO. The number of hydrogen-bond donors (Lipinski definition) is 4. The maximum atomic E-state index is 14.2. The number of rotatable bonds is 10. The molecule has 1 aromatic carbocycles. The molecule has 3 saturated heterocycles. The Kier molecular flexibility index (Phi) is 12.5. The van der Waals surface area contributed by atoms with E-state index in [1.807, 2.05) is 29.9 Å². The fourth-order valence-electron chi connectivity index (χ4n) is 9.07. The zero-order valence-electron chi connectivity index (χ0n) is 33.9. The molecule has 324 valence electrons. The van der Waals surface area contributed by atoms with Crippen molar-refractivity contribution in [1.82, 2.24) is 44.4 Å². The van der Waals surface area contributed by atoms with E-state index in [1.54, 1.807) is 17.1 Å². The third-order valence-electron chi connectivity index (χ3n) is 12.3. The molecule has 3 aliphatic heterocycles. The molecule has 1 atom stereocenters. The number of fused-ring (bicyclic) bond motifs is 2. The van der Waals surface area contributed by atoms with E-state index in [2.05, 4.69) is 52.1 Å². The van der Waals surface area contributed by atoms with Gasteiger partial charge in [0.1, 0.15) is 11.4 Å². The molecular formula is C41H50F2N12O6. The maximum Gasteiger partial charge on any atom is 0.290 e. The zero-order chi connectivity index (χ0) is 42.6. The van der Waals surface area contributed by atoms with Crippen molar-refractivity contribution >= 4 is 57.9 Å². The Morgan fingerprint density at radius 1 is 1.03 bits per heavy atom. The molecule has 7 heterocycles. The van der Waals surface area contributed by atoms with E-state index in [1.165, 1.54) is 10.7 Å². The molecule has 1 saturated carbocycles. The zero-order valence-corrected chi connectivity index (χ0v) is 33.9. The second-order valence-electron chi connectivity index (χ2n) is 16.1. The summed E-state index contributed by atoms with van der Waals surface area (Å²) in [6.07, 6.45) is 8.23. The average molecular weight is 845 g/mol. The third kappa shape index (κ3) is 9.19. The monoisotopic (exact) mass is 844 g/mol. The highest BCUT2D eigenvalue weighted by molar-refractivity contribution is 6.08. The number of nitrogens with one attached hydrogen (secondary N) is 3. The van der Waals surface area contributed by atoms with Gasteiger partial charge in [0.2, 0.25) is 11.8 Å². The summed E-state index contributed by atoms with van der Waals surface area (Å²) in [7, 11) is 1.88. The van der Waals surface area contributed by atoms with Gasteiger partial charge in [0, 0.05) is 75.7 Å². The van der Waals surface area contributed by atoms with Gasteiger partial charge < -0.3 is 30.3 Å². The number of carbonyl (C=O) groups excluding carboxylic acids is 3. The smallest absolute Gasteiger partial charge is 0.290 e. The minimum Gasteiger partial charge on any atom is -0.483 e. The highest BCUT2D eigenvalue weighted by Crippen LogP contribution is 2.36. The first-order valence-corrected chi connectivity index (χ1v) is 20.8. The number of nitrogens with zero attached hydrogens (tertiary/aromatic N) is 9. The quantitative estimate of drug-likeness (QED) is 0.114. The highest BCUT2D eigenvalue weighted by Gasteiger charge is 2.33. The number of aryl methyl sites for hydroxylation is 1. The number of carboxylic acid groups (broad SMARTS) is 1. The van der Waals surface area contributed by atoms with Gasteiger partial charge in [0.05, 0.1) is 48.3 Å². The molecule has 20 heteroatoms. The molecule has 18 nitrogen and oxygen atoms in total. The van der Waals surface area contributed by atoms with E-state index in [0.717, 1.165) is 74.7 Å². The van der Waals surface area contributed by atoms with Crippen molar-refractivity contribution in [2.24, 2.45) is 13.0 Å². The Hall–Kier alpha value is -6.02. The molecule has 4 fully saturated rings. The molecular weight excluding hydrogens is 795 g/mol. The predicted octanol–water partition coefficient (Wildman–Crippen LogP) is 4.37. The van der Waals surface area contributed by atoms with E-state index in [-0.39, 0.29) is 35.6 Å². The van der Waals surface area contributed by atoms with Crippen LogP contribution in [0.2, 0.25) is 0 Å². The van der Waals surface area contributed by atoms with Crippen LogP contribution in [0.15, 0.2) is 42.9 Å². The predicted molar refractivity (Wildman–Crippen MR) is 220 cm³/mol. The van der Waals surface area contributed by atoms with Gasteiger partial charge in [0.15, 0.2) is 11.3 Å². The van der Waals surface area contributed by atoms with E-state index in [4.69, 9.17) is 14.6 Å². The number of piperidine rings is 2. The van der Waals surface area contributed by atoms with Gasteiger partial charge in [-0.25, -0.2) is 18.3 Å². The van der Waals surface area contributed by atoms with Crippen LogP contribution >= 0.6 is 0 Å². The summed E-state index contributed by atoms with van der Waals surface area (Å²) in [5, 5.41) is 29.9. The molecule has 61 heavy (non-hydrogen) atoms. The number of anilines is 3. The van der Waals surface area contributed by atoms with Gasteiger partial charge in [0.25, 0.3) is 18.8 Å². The number of aromatic nitrogens is 7. The number of amides is 3. The van der Waals surface area contributed by atoms with Crippen LogP contribution in [0.3, 0.4) is 0 Å². The Morgan fingerprint density at radius 3 is 2.51 bits per heavy atom. The van der Waals surface area contributed by atoms with Gasteiger partial charge in [-0.1, -0.05) is 0 Å². The van der Waals surface area contributed by atoms with E-state index in [9.17, 15) is 23.2 Å². The minimum atomic E-state index is -2.85. The fraction of sp³-hybridized carbons (Fsp3) is 0.512. The lowest BCUT2D eigenvalue weighted by Gasteiger charge is -2.37. The molecule has 3 amide bonds. The number of likely N-dealkylation sites (tertiary alicyclic amines) is 1. The Labute approximate surface area is 349 Å². The molecule has 5 aromatic rings. The van der Waals surface area contributed by atoms with Crippen molar-refractivity contribution in [3.05, 3.63) is 59.8 Å². The van der Waals surface area contributed by atoms with E-state index in [0.29, 0.717) is 68.3 Å². The molecule has 4 aliphatic rings. The number of hydrogen-bond acceptors (Lipinski definition) is 12. The van der Waals surface area contributed by atoms with Gasteiger partial charge >= 0.3 is 0 Å². The van der Waals surface area contributed by atoms with Crippen molar-refractivity contribution in [2.45, 2.75) is 75.8 Å². The summed E-state index contributed by atoms with van der Waals surface area (Å²) < 4.78 is 38.9. The summed E-state index contributed by atoms with van der Waals surface area (Å²) in [6.45, 7) is 5.27. The van der Waals surface area contributed by atoms with Crippen LogP contribution in [0.5, 0.6) is 0 Å². The molecule has 4 N–H and O–H groups in total. The number of benzene rings is 1. The van der Waals surface area contributed by atoms with Crippen LogP contribution < -0.4 is 20.9 Å². The molecule has 1 aliphatic carbocycles. The van der Waals surface area contributed by atoms with Gasteiger partial charge in [-0.15, -0.1) is 0 Å². The Bertz CT molecular complexity index is 2380. The molecule has 4 aromatic heterocycles. The highest BCUT2D eigenvalue weighted by atomic mass is 19.3. The lowest BCUT2D eigenvalue weighted by Crippen LogP contribution is -2.41. The first-order chi connectivity index (χ1) is 29.6. The van der Waals surface area contributed by atoms with Gasteiger partial charge in [-0.05, 0) is 75.1 Å². The second kappa shape index (κ2) is 18.3. The maximum absolute atomic E-state index is 14.2. The van der Waals surface area contributed by atoms with E-state index < -0.39 is 23.9 Å².